The molecular weight excluding hydrogens is 245 g/mol. The third-order valence-corrected chi connectivity index (χ3v) is 2.12. The zero-order valence-electron chi connectivity index (χ0n) is 6.37. The lowest BCUT2D eigenvalue weighted by molar-refractivity contribution is 0.457. The zero-order chi connectivity index (χ0) is 10.2. The molecule has 3 nitrogen and oxygen atoms in total. The molecule has 0 unspecified atom stereocenters. The Hall–Kier alpha value is -0.790. The summed E-state index contributed by atoms with van der Waals surface area (Å²) in [4.78, 5) is -1.29. The summed E-state index contributed by atoms with van der Waals surface area (Å²) < 4.78 is 66.2. The highest BCUT2D eigenvalue weighted by molar-refractivity contribution is 7.85. The molecule has 0 aliphatic carbocycles. The van der Waals surface area contributed by atoms with Crippen LogP contribution in [0.1, 0.15) is 0 Å². The maximum Gasteiger partial charge on any atom is 0.297 e. The fraction of sp³-hybridized carbons (Fsp3) is 0. The van der Waals surface area contributed by atoms with E-state index in [1.165, 1.54) is 0 Å². The van der Waals surface area contributed by atoms with Crippen LogP contribution in [0.15, 0.2) is 17.0 Å². The fourth-order valence-electron chi connectivity index (χ4n) is 0.702. The van der Waals surface area contributed by atoms with E-state index in [4.69, 9.17) is 4.55 Å². The molecule has 0 radical (unpaired) electrons. The van der Waals surface area contributed by atoms with Crippen LogP contribution in [0.2, 0.25) is 0 Å². The Morgan fingerprint density at radius 2 is 1.43 bits per heavy atom. The first-order valence-corrected chi connectivity index (χ1v) is 4.38. The van der Waals surface area contributed by atoms with Gasteiger partial charge in [0, 0.05) is 12.1 Å². The molecule has 0 atom stereocenters. The van der Waals surface area contributed by atoms with Crippen molar-refractivity contribution in [3.63, 3.8) is 0 Å². The van der Waals surface area contributed by atoms with Crippen molar-refractivity contribution in [2.75, 3.05) is 0 Å². The Morgan fingerprint density at radius 1 is 1.00 bits per heavy atom. The average molecular weight is 249 g/mol. The lowest BCUT2D eigenvalue weighted by Gasteiger charge is -1.99. The molecule has 0 saturated heterocycles. The van der Waals surface area contributed by atoms with Gasteiger partial charge < -0.3 is 0 Å². The first-order chi connectivity index (χ1) is 5.82. The van der Waals surface area contributed by atoms with E-state index in [2.05, 4.69) is 0 Å². The molecule has 0 fully saturated rings. The number of hydrogen-bond donors (Lipinski definition) is 1. The van der Waals surface area contributed by atoms with E-state index in [0.29, 0.717) is 0 Å². The van der Waals surface area contributed by atoms with Gasteiger partial charge in [-0.15, -0.1) is 12.4 Å². The quantitative estimate of drug-likeness (QED) is 0.609. The molecule has 1 rings (SSSR count). The molecule has 80 valence electrons. The predicted molar refractivity (Wildman–Crippen MR) is 43.4 cm³/mol. The first kappa shape index (κ1) is 13.2. The van der Waals surface area contributed by atoms with Gasteiger partial charge in [0.1, 0.15) is 10.7 Å². The normalized spacial score (nSPS) is 10.9. The van der Waals surface area contributed by atoms with E-state index in [9.17, 15) is 21.6 Å². The summed E-state index contributed by atoms with van der Waals surface area (Å²) in [6.07, 6.45) is 0. The standard InChI is InChI=1S/C6H3F3O3S.ClH/c7-3-1-5(9)6(2-4(3)8)13(10,11)12;/h1-2H,(H,10,11,12);1H. The van der Waals surface area contributed by atoms with Gasteiger partial charge in [0.2, 0.25) is 0 Å². The van der Waals surface area contributed by atoms with Gasteiger partial charge in [-0.3, -0.25) is 4.55 Å². The van der Waals surface area contributed by atoms with Gasteiger partial charge in [0.25, 0.3) is 10.1 Å². The maximum absolute atomic E-state index is 12.6. The van der Waals surface area contributed by atoms with Gasteiger partial charge in [-0.25, -0.2) is 13.2 Å². The number of halogens is 4. The van der Waals surface area contributed by atoms with Crippen LogP contribution in [-0.4, -0.2) is 13.0 Å². The van der Waals surface area contributed by atoms with Crippen molar-refractivity contribution >= 4 is 22.5 Å². The monoisotopic (exact) mass is 248 g/mol. The molecule has 0 heterocycles. The Labute approximate surface area is 83.7 Å². The second-order valence-electron chi connectivity index (χ2n) is 2.17. The van der Waals surface area contributed by atoms with Crippen molar-refractivity contribution < 1.29 is 26.1 Å². The molecule has 0 amide bonds. The third kappa shape index (κ3) is 2.60. The van der Waals surface area contributed by atoms with Crippen molar-refractivity contribution in [1.29, 1.82) is 0 Å². The first-order valence-electron chi connectivity index (χ1n) is 2.94. The summed E-state index contributed by atoms with van der Waals surface area (Å²) in [6.45, 7) is 0. The van der Waals surface area contributed by atoms with Crippen LogP contribution in [-0.2, 0) is 10.1 Å². The largest absolute Gasteiger partial charge is 0.297 e. The number of hydrogen-bond acceptors (Lipinski definition) is 2. The van der Waals surface area contributed by atoms with Crippen molar-refractivity contribution in [2.45, 2.75) is 4.90 Å². The van der Waals surface area contributed by atoms with Crippen molar-refractivity contribution in [3.8, 4) is 0 Å². The SMILES string of the molecule is Cl.O=S(=O)(O)c1cc(F)c(F)cc1F. The van der Waals surface area contributed by atoms with Crippen molar-refractivity contribution in [3.05, 3.63) is 29.6 Å². The van der Waals surface area contributed by atoms with Crippen LogP contribution in [0.5, 0.6) is 0 Å². The summed E-state index contributed by atoms with van der Waals surface area (Å²) in [5.74, 6) is -4.61. The second-order valence-corrected chi connectivity index (χ2v) is 3.56. The van der Waals surface area contributed by atoms with E-state index >= 15 is 0 Å². The van der Waals surface area contributed by atoms with Crippen LogP contribution in [0.25, 0.3) is 0 Å². The average Bonchev–Trinajstić information content (AvgIpc) is 1.94. The summed E-state index contributed by atoms with van der Waals surface area (Å²) in [5, 5.41) is 0. The smallest absolute Gasteiger partial charge is 0.282 e. The van der Waals surface area contributed by atoms with Crippen LogP contribution < -0.4 is 0 Å². The highest BCUT2D eigenvalue weighted by Gasteiger charge is 2.19. The molecule has 0 aliphatic rings. The van der Waals surface area contributed by atoms with E-state index in [0.717, 1.165) is 0 Å². The molecular formula is C6H4ClF3O3S. The molecule has 0 bridgehead atoms. The second kappa shape index (κ2) is 4.16. The molecule has 0 spiro atoms. The Bertz CT molecular complexity index is 446. The molecule has 1 aromatic rings. The molecule has 14 heavy (non-hydrogen) atoms. The highest BCUT2D eigenvalue weighted by atomic mass is 35.5. The van der Waals surface area contributed by atoms with Gasteiger partial charge in [0.15, 0.2) is 11.6 Å². The predicted octanol–water partition coefficient (Wildman–Crippen LogP) is 1.77. The van der Waals surface area contributed by atoms with Crippen LogP contribution in [0.4, 0.5) is 13.2 Å². The minimum atomic E-state index is -4.85. The summed E-state index contributed by atoms with van der Waals surface area (Å²) in [5.41, 5.74) is 0. The molecule has 1 aromatic carbocycles. The van der Waals surface area contributed by atoms with Gasteiger partial charge in [-0.2, -0.15) is 8.42 Å². The van der Waals surface area contributed by atoms with E-state index in [1.807, 2.05) is 0 Å². The van der Waals surface area contributed by atoms with Gasteiger partial charge in [-0.05, 0) is 0 Å². The minimum Gasteiger partial charge on any atom is -0.282 e. The fourth-order valence-corrected chi connectivity index (χ4v) is 1.26. The maximum atomic E-state index is 12.6. The van der Waals surface area contributed by atoms with Gasteiger partial charge >= 0.3 is 0 Å². The van der Waals surface area contributed by atoms with E-state index < -0.39 is 32.5 Å². The summed E-state index contributed by atoms with van der Waals surface area (Å²) in [7, 11) is -4.85. The molecule has 0 aliphatic heterocycles. The third-order valence-electron chi connectivity index (χ3n) is 1.25. The summed E-state index contributed by atoms with van der Waals surface area (Å²) in [6, 6.07) is 0.110. The number of rotatable bonds is 1. The lowest BCUT2D eigenvalue weighted by atomic mass is 10.3. The van der Waals surface area contributed by atoms with E-state index in [1.54, 1.807) is 0 Å². The topological polar surface area (TPSA) is 54.4 Å². The minimum absolute atomic E-state index is 0. The lowest BCUT2D eigenvalue weighted by Crippen LogP contribution is -2.03. The van der Waals surface area contributed by atoms with Crippen molar-refractivity contribution in [2.24, 2.45) is 0 Å². The van der Waals surface area contributed by atoms with E-state index in [-0.39, 0.29) is 24.5 Å². The molecule has 8 heteroatoms. The number of benzene rings is 1. The summed E-state index contributed by atoms with van der Waals surface area (Å²) >= 11 is 0. The molecule has 0 saturated carbocycles. The Kier molecular flexibility index (Phi) is 3.92. The van der Waals surface area contributed by atoms with Crippen LogP contribution in [0, 0.1) is 17.5 Å². The van der Waals surface area contributed by atoms with Crippen LogP contribution in [0.3, 0.4) is 0 Å². The Balaban J connectivity index is 0.00000169. The van der Waals surface area contributed by atoms with Gasteiger partial charge in [-0.1, -0.05) is 0 Å². The molecule has 0 aromatic heterocycles. The van der Waals surface area contributed by atoms with Gasteiger partial charge in [0.05, 0.1) is 0 Å². The Morgan fingerprint density at radius 3 is 1.86 bits per heavy atom. The highest BCUT2D eigenvalue weighted by Crippen LogP contribution is 2.17. The molecule has 1 N–H and O–H groups in total. The van der Waals surface area contributed by atoms with Crippen LogP contribution >= 0.6 is 12.4 Å². The van der Waals surface area contributed by atoms with Crippen molar-refractivity contribution in [1.82, 2.24) is 0 Å². The zero-order valence-corrected chi connectivity index (χ0v) is 8.00.